The largest absolute Gasteiger partial charge is 0.334 e. The van der Waals surface area contributed by atoms with Crippen LogP contribution in [0.5, 0.6) is 0 Å². The van der Waals surface area contributed by atoms with Gasteiger partial charge in [-0.3, -0.25) is 9.78 Å². The molecule has 0 radical (unpaired) electrons. The molecule has 0 fully saturated rings. The van der Waals surface area contributed by atoms with Gasteiger partial charge >= 0.3 is 0 Å². The second-order valence-corrected chi connectivity index (χ2v) is 7.75. The lowest BCUT2D eigenvalue weighted by Gasteiger charge is -2.23. The van der Waals surface area contributed by atoms with Crippen LogP contribution in [-0.2, 0) is 30.7 Å². The smallest absolute Gasteiger partial charge is 0.223 e. The Labute approximate surface area is 165 Å². The Morgan fingerprint density at radius 2 is 1.78 bits per heavy atom. The van der Waals surface area contributed by atoms with Crippen LogP contribution in [0.4, 0.5) is 0 Å². The van der Waals surface area contributed by atoms with Crippen LogP contribution in [-0.4, -0.2) is 15.8 Å². The molecule has 3 aromatic rings. The first-order valence-electron chi connectivity index (χ1n) is 9.51. The molecule has 140 valence electrons. The lowest BCUT2D eigenvalue weighted by atomic mass is 10.1. The average molecular weight is 379 g/mol. The zero-order valence-electron chi connectivity index (χ0n) is 15.8. The Kier molecular flexibility index (Phi) is 7.17. The minimum absolute atomic E-state index is 0.204. The lowest BCUT2D eigenvalue weighted by molar-refractivity contribution is -0.132. The number of aryl methyl sites for hydroxylation is 2. The van der Waals surface area contributed by atoms with Crippen LogP contribution in [0.2, 0.25) is 0 Å². The highest BCUT2D eigenvalue weighted by molar-refractivity contribution is 7.09. The summed E-state index contributed by atoms with van der Waals surface area (Å²) in [5.74, 6) is 0.204. The van der Waals surface area contributed by atoms with E-state index in [1.54, 1.807) is 17.5 Å². The van der Waals surface area contributed by atoms with E-state index in [0.29, 0.717) is 19.5 Å². The average Bonchev–Trinajstić information content (AvgIpc) is 3.22. The van der Waals surface area contributed by atoms with Crippen molar-refractivity contribution in [1.82, 2.24) is 9.88 Å². The molecule has 0 saturated heterocycles. The van der Waals surface area contributed by atoms with Crippen molar-refractivity contribution in [2.45, 2.75) is 45.7 Å². The van der Waals surface area contributed by atoms with Crippen molar-refractivity contribution >= 4 is 17.2 Å². The second-order valence-electron chi connectivity index (χ2n) is 6.71. The standard InChI is InChI=1S/C23H26N2OS/c1-2-19-10-12-20(13-11-19)17-25(18-21-6-4-14-24-16-21)23(26)9-3-7-22-8-5-15-27-22/h4-6,8,10-16H,2-3,7,9,17-18H2,1H3. The van der Waals surface area contributed by atoms with Gasteiger partial charge < -0.3 is 4.90 Å². The van der Waals surface area contributed by atoms with Gasteiger partial charge in [-0.15, -0.1) is 11.3 Å². The molecule has 0 aliphatic carbocycles. The van der Waals surface area contributed by atoms with E-state index < -0.39 is 0 Å². The van der Waals surface area contributed by atoms with E-state index in [-0.39, 0.29) is 5.91 Å². The van der Waals surface area contributed by atoms with E-state index >= 15 is 0 Å². The van der Waals surface area contributed by atoms with Crippen LogP contribution in [0.1, 0.15) is 41.3 Å². The molecule has 0 saturated carbocycles. The second kappa shape index (κ2) is 10.0. The van der Waals surface area contributed by atoms with E-state index in [4.69, 9.17) is 0 Å². The third kappa shape index (κ3) is 6.04. The minimum Gasteiger partial charge on any atom is -0.334 e. The van der Waals surface area contributed by atoms with E-state index in [2.05, 4.69) is 53.7 Å². The molecular weight excluding hydrogens is 352 g/mol. The molecule has 0 spiro atoms. The van der Waals surface area contributed by atoms with Crippen LogP contribution < -0.4 is 0 Å². The molecule has 2 aromatic heterocycles. The van der Waals surface area contributed by atoms with Gasteiger partial charge in [0.2, 0.25) is 5.91 Å². The molecule has 0 unspecified atom stereocenters. The fourth-order valence-corrected chi connectivity index (χ4v) is 3.82. The van der Waals surface area contributed by atoms with Crippen LogP contribution in [0, 0.1) is 0 Å². The number of amides is 1. The van der Waals surface area contributed by atoms with Crippen LogP contribution in [0.25, 0.3) is 0 Å². The molecule has 1 aromatic carbocycles. The fraction of sp³-hybridized carbons (Fsp3) is 0.304. The van der Waals surface area contributed by atoms with Crippen molar-refractivity contribution in [2.75, 3.05) is 0 Å². The highest BCUT2D eigenvalue weighted by atomic mass is 32.1. The van der Waals surface area contributed by atoms with Crippen LogP contribution >= 0.6 is 11.3 Å². The molecule has 1 amide bonds. The summed E-state index contributed by atoms with van der Waals surface area (Å²) >= 11 is 1.76. The summed E-state index contributed by atoms with van der Waals surface area (Å²) < 4.78 is 0. The predicted molar refractivity (Wildman–Crippen MR) is 112 cm³/mol. The third-order valence-electron chi connectivity index (χ3n) is 4.65. The number of hydrogen-bond donors (Lipinski definition) is 0. The summed E-state index contributed by atoms with van der Waals surface area (Å²) in [5.41, 5.74) is 3.55. The maximum atomic E-state index is 12.9. The van der Waals surface area contributed by atoms with Gasteiger partial charge in [-0.25, -0.2) is 0 Å². The van der Waals surface area contributed by atoms with E-state index in [9.17, 15) is 4.79 Å². The first-order chi connectivity index (χ1) is 13.2. The zero-order valence-corrected chi connectivity index (χ0v) is 16.6. The number of carbonyl (C=O) groups excluding carboxylic acids is 1. The number of benzene rings is 1. The number of hydrogen-bond acceptors (Lipinski definition) is 3. The molecule has 0 bridgehead atoms. The van der Waals surface area contributed by atoms with Crippen molar-refractivity contribution in [1.29, 1.82) is 0 Å². The number of rotatable bonds is 9. The highest BCUT2D eigenvalue weighted by Crippen LogP contribution is 2.16. The van der Waals surface area contributed by atoms with Crippen molar-refractivity contribution in [2.24, 2.45) is 0 Å². The molecule has 3 rings (SSSR count). The summed E-state index contributed by atoms with van der Waals surface area (Å²) in [6, 6.07) is 16.7. The number of carbonyl (C=O) groups is 1. The van der Waals surface area contributed by atoms with Crippen molar-refractivity contribution in [3.8, 4) is 0 Å². The Bertz CT molecular complexity index is 813. The molecule has 0 atom stereocenters. The van der Waals surface area contributed by atoms with E-state index in [1.807, 2.05) is 23.2 Å². The van der Waals surface area contributed by atoms with E-state index in [0.717, 1.165) is 24.8 Å². The maximum absolute atomic E-state index is 12.9. The molecule has 4 heteroatoms. The van der Waals surface area contributed by atoms with Gasteiger partial charge in [-0.2, -0.15) is 0 Å². The quantitative estimate of drug-likeness (QED) is 0.509. The topological polar surface area (TPSA) is 33.2 Å². The summed E-state index contributed by atoms with van der Waals surface area (Å²) in [5, 5.41) is 2.09. The van der Waals surface area contributed by atoms with Crippen molar-refractivity contribution in [3.63, 3.8) is 0 Å². The Hall–Kier alpha value is -2.46. The highest BCUT2D eigenvalue weighted by Gasteiger charge is 2.15. The van der Waals surface area contributed by atoms with E-state index in [1.165, 1.54) is 16.0 Å². The Balaban J connectivity index is 1.64. The van der Waals surface area contributed by atoms with Gasteiger partial charge in [-0.1, -0.05) is 43.3 Å². The minimum atomic E-state index is 0.204. The van der Waals surface area contributed by atoms with Gasteiger partial charge in [0.25, 0.3) is 0 Å². The van der Waals surface area contributed by atoms with Crippen LogP contribution in [0.15, 0.2) is 66.3 Å². The summed E-state index contributed by atoms with van der Waals surface area (Å²) in [7, 11) is 0. The monoisotopic (exact) mass is 378 g/mol. The number of aromatic nitrogens is 1. The summed E-state index contributed by atoms with van der Waals surface area (Å²) in [6.45, 7) is 3.39. The lowest BCUT2D eigenvalue weighted by Crippen LogP contribution is -2.30. The van der Waals surface area contributed by atoms with Gasteiger partial charge in [0.05, 0.1) is 0 Å². The SMILES string of the molecule is CCc1ccc(CN(Cc2cccnc2)C(=O)CCCc2cccs2)cc1. The van der Waals surface area contributed by atoms with Gasteiger partial charge in [-0.05, 0) is 53.5 Å². The summed E-state index contributed by atoms with van der Waals surface area (Å²) in [6.07, 6.45) is 7.06. The van der Waals surface area contributed by atoms with Gasteiger partial charge in [0, 0.05) is 36.8 Å². The molecule has 2 heterocycles. The number of thiophene rings is 1. The van der Waals surface area contributed by atoms with Gasteiger partial charge in [0.1, 0.15) is 0 Å². The zero-order chi connectivity index (χ0) is 18.9. The maximum Gasteiger partial charge on any atom is 0.223 e. The van der Waals surface area contributed by atoms with Gasteiger partial charge in [0.15, 0.2) is 0 Å². The molecule has 27 heavy (non-hydrogen) atoms. The third-order valence-corrected chi connectivity index (χ3v) is 5.58. The molecular formula is C23H26N2OS. The van der Waals surface area contributed by atoms with Crippen LogP contribution in [0.3, 0.4) is 0 Å². The molecule has 0 aliphatic rings. The fourth-order valence-electron chi connectivity index (χ4n) is 3.07. The molecule has 3 nitrogen and oxygen atoms in total. The summed E-state index contributed by atoms with van der Waals surface area (Å²) in [4.78, 5) is 20.4. The molecule has 0 N–H and O–H groups in total. The first kappa shape index (κ1) is 19.3. The Morgan fingerprint density at radius 3 is 2.44 bits per heavy atom. The number of nitrogens with zero attached hydrogens (tertiary/aromatic N) is 2. The normalized spacial score (nSPS) is 10.7. The number of pyridine rings is 1. The first-order valence-corrected chi connectivity index (χ1v) is 10.4. The van der Waals surface area contributed by atoms with Crippen molar-refractivity contribution < 1.29 is 4.79 Å². The molecule has 0 aliphatic heterocycles. The Morgan fingerprint density at radius 1 is 1.00 bits per heavy atom. The van der Waals surface area contributed by atoms with Crippen molar-refractivity contribution in [3.05, 3.63) is 87.9 Å². The predicted octanol–water partition coefficient (Wildman–Crippen LogP) is 5.26.